The van der Waals surface area contributed by atoms with Crippen LogP contribution in [0.1, 0.15) is 17.5 Å². The fraction of sp³-hybridized carbons (Fsp3) is 0.368. The van der Waals surface area contributed by atoms with Crippen LogP contribution in [-0.2, 0) is 0 Å². The van der Waals surface area contributed by atoms with Crippen LogP contribution >= 0.6 is 11.3 Å². The molecule has 0 radical (unpaired) electrons. The first kappa shape index (κ1) is 16.3. The molecule has 5 nitrogen and oxygen atoms in total. The number of aryl methyl sites for hydroxylation is 2. The van der Waals surface area contributed by atoms with E-state index in [9.17, 15) is 4.79 Å². The average Bonchev–Trinajstić information content (AvgIpc) is 2.82. The molecule has 6 heteroatoms. The fourth-order valence-corrected chi connectivity index (χ4v) is 4.39. The van der Waals surface area contributed by atoms with Crippen LogP contribution in [0.15, 0.2) is 28.4 Å². The zero-order valence-electron chi connectivity index (χ0n) is 14.6. The summed E-state index contributed by atoms with van der Waals surface area (Å²) in [5.41, 5.74) is 4.45. The summed E-state index contributed by atoms with van der Waals surface area (Å²) in [7, 11) is 0. The number of hydrogen-bond donors (Lipinski definition) is 2. The van der Waals surface area contributed by atoms with Gasteiger partial charge in [0.2, 0.25) is 5.95 Å². The Morgan fingerprint density at radius 3 is 2.88 bits per heavy atom. The van der Waals surface area contributed by atoms with Crippen molar-refractivity contribution in [3.63, 3.8) is 0 Å². The molecule has 1 fully saturated rings. The molecular weight excluding hydrogens is 332 g/mol. The highest BCUT2D eigenvalue weighted by Gasteiger charge is 2.17. The van der Waals surface area contributed by atoms with Crippen molar-refractivity contribution < 1.29 is 0 Å². The van der Waals surface area contributed by atoms with E-state index in [1.165, 1.54) is 11.1 Å². The molecule has 1 aliphatic heterocycles. The van der Waals surface area contributed by atoms with E-state index in [1.54, 1.807) is 11.3 Å². The number of fused-ring (bicyclic) bond motifs is 1. The van der Waals surface area contributed by atoms with Crippen LogP contribution < -0.4 is 15.8 Å². The third kappa shape index (κ3) is 3.07. The van der Waals surface area contributed by atoms with Crippen molar-refractivity contribution in [1.29, 1.82) is 0 Å². The molecule has 0 saturated carbocycles. The van der Waals surface area contributed by atoms with E-state index in [2.05, 4.69) is 52.6 Å². The molecule has 4 rings (SSSR count). The molecule has 130 valence electrons. The number of thiophene rings is 1. The van der Waals surface area contributed by atoms with Gasteiger partial charge in [-0.3, -0.25) is 9.78 Å². The Balaban J connectivity index is 1.81. The van der Waals surface area contributed by atoms with Crippen molar-refractivity contribution in [3.8, 4) is 11.1 Å². The topological polar surface area (TPSA) is 61.0 Å². The van der Waals surface area contributed by atoms with Gasteiger partial charge in [-0.25, -0.2) is 4.98 Å². The largest absolute Gasteiger partial charge is 0.341 e. The monoisotopic (exact) mass is 354 g/mol. The van der Waals surface area contributed by atoms with Gasteiger partial charge in [0.15, 0.2) is 0 Å². The molecular formula is C19H22N4OS. The van der Waals surface area contributed by atoms with E-state index in [1.807, 2.05) is 0 Å². The van der Waals surface area contributed by atoms with E-state index >= 15 is 0 Å². The predicted octanol–water partition coefficient (Wildman–Crippen LogP) is 3.07. The maximum Gasteiger partial charge on any atom is 0.261 e. The van der Waals surface area contributed by atoms with Gasteiger partial charge in [-0.05, 0) is 37.9 Å². The number of nitrogens with zero attached hydrogens (tertiary/aromatic N) is 2. The van der Waals surface area contributed by atoms with E-state index in [-0.39, 0.29) is 5.56 Å². The Kier molecular flexibility index (Phi) is 4.31. The lowest BCUT2D eigenvalue weighted by atomic mass is 9.99. The maximum atomic E-state index is 12.8. The Morgan fingerprint density at radius 1 is 1.16 bits per heavy atom. The van der Waals surface area contributed by atoms with Crippen molar-refractivity contribution in [3.05, 3.63) is 45.1 Å². The van der Waals surface area contributed by atoms with Crippen LogP contribution in [0.2, 0.25) is 0 Å². The second kappa shape index (κ2) is 6.61. The Bertz CT molecular complexity index is 967. The third-order valence-electron chi connectivity index (χ3n) is 4.74. The number of anilines is 1. The van der Waals surface area contributed by atoms with Crippen molar-refractivity contribution >= 4 is 27.5 Å². The van der Waals surface area contributed by atoms with E-state index in [4.69, 9.17) is 4.98 Å². The second-order valence-corrected chi connectivity index (χ2v) is 7.49. The first-order chi connectivity index (χ1) is 12.1. The first-order valence-electron chi connectivity index (χ1n) is 8.68. The van der Waals surface area contributed by atoms with Gasteiger partial charge in [-0.1, -0.05) is 23.8 Å². The zero-order chi connectivity index (χ0) is 17.4. The SMILES string of the molecule is Cc1ccc(-c2csc3nc(N4CCCNCC4)[nH]c(=O)c23)c(C)c1. The molecule has 3 heterocycles. The molecule has 0 bridgehead atoms. The van der Waals surface area contributed by atoms with E-state index in [0.29, 0.717) is 11.3 Å². The number of aromatic nitrogens is 2. The van der Waals surface area contributed by atoms with Gasteiger partial charge in [-0.2, -0.15) is 0 Å². The van der Waals surface area contributed by atoms with Crippen molar-refractivity contribution in [1.82, 2.24) is 15.3 Å². The minimum Gasteiger partial charge on any atom is -0.341 e. The molecule has 0 atom stereocenters. The average molecular weight is 354 g/mol. The van der Waals surface area contributed by atoms with Gasteiger partial charge in [0.25, 0.3) is 5.56 Å². The molecule has 0 spiro atoms. The molecule has 25 heavy (non-hydrogen) atoms. The summed E-state index contributed by atoms with van der Waals surface area (Å²) < 4.78 is 0. The molecule has 0 amide bonds. The molecule has 1 aliphatic rings. The predicted molar refractivity (Wildman–Crippen MR) is 105 cm³/mol. The molecule has 2 aromatic heterocycles. The second-order valence-electron chi connectivity index (χ2n) is 6.63. The molecule has 3 aromatic rings. The smallest absolute Gasteiger partial charge is 0.261 e. The summed E-state index contributed by atoms with van der Waals surface area (Å²) in [6, 6.07) is 6.34. The summed E-state index contributed by atoms with van der Waals surface area (Å²) in [6.07, 6.45) is 1.06. The highest BCUT2D eigenvalue weighted by molar-refractivity contribution is 7.17. The number of benzene rings is 1. The van der Waals surface area contributed by atoms with Gasteiger partial charge in [0, 0.05) is 30.6 Å². The van der Waals surface area contributed by atoms with E-state index < -0.39 is 0 Å². The molecule has 1 aromatic carbocycles. The van der Waals surface area contributed by atoms with Gasteiger partial charge in [0.05, 0.1) is 5.39 Å². The standard InChI is InChI=1S/C19H22N4OS/c1-12-4-5-14(13(2)10-12)15-11-25-18-16(15)17(24)21-19(22-18)23-8-3-6-20-7-9-23/h4-5,10-11,20H,3,6-9H2,1-2H3,(H,21,22,24). The van der Waals surface area contributed by atoms with Crippen LogP contribution in [0.4, 0.5) is 5.95 Å². The lowest BCUT2D eigenvalue weighted by molar-refractivity contribution is 0.724. The number of hydrogen-bond acceptors (Lipinski definition) is 5. The summed E-state index contributed by atoms with van der Waals surface area (Å²) in [6.45, 7) is 7.88. The fourth-order valence-electron chi connectivity index (χ4n) is 3.46. The molecule has 1 saturated heterocycles. The molecule has 2 N–H and O–H groups in total. The molecule has 0 unspecified atom stereocenters. The zero-order valence-corrected chi connectivity index (χ0v) is 15.4. The van der Waals surface area contributed by atoms with E-state index in [0.717, 1.165) is 48.6 Å². The van der Waals surface area contributed by atoms with Crippen LogP contribution in [0.25, 0.3) is 21.3 Å². The van der Waals surface area contributed by atoms with Gasteiger partial charge < -0.3 is 10.2 Å². The maximum absolute atomic E-state index is 12.8. The first-order valence-corrected chi connectivity index (χ1v) is 9.56. The summed E-state index contributed by atoms with van der Waals surface area (Å²) in [5, 5.41) is 6.13. The van der Waals surface area contributed by atoms with Crippen LogP contribution in [-0.4, -0.2) is 36.1 Å². The van der Waals surface area contributed by atoms with Gasteiger partial charge >= 0.3 is 0 Å². The van der Waals surface area contributed by atoms with Crippen LogP contribution in [0.5, 0.6) is 0 Å². The van der Waals surface area contributed by atoms with Crippen LogP contribution in [0.3, 0.4) is 0 Å². The van der Waals surface area contributed by atoms with Crippen molar-refractivity contribution in [2.24, 2.45) is 0 Å². The Labute approximate surface area is 150 Å². The number of nitrogens with one attached hydrogen (secondary N) is 2. The number of H-pyrrole nitrogens is 1. The van der Waals surface area contributed by atoms with Crippen molar-refractivity contribution in [2.45, 2.75) is 20.3 Å². The lowest BCUT2D eigenvalue weighted by Crippen LogP contribution is -2.31. The highest BCUT2D eigenvalue weighted by Crippen LogP contribution is 2.33. The van der Waals surface area contributed by atoms with Gasteiger partial charge in [0.1, 0.15) is 4.83 Å². The van der Waals surface area contributed by atoms with Crippen LogP contribution in [0, 0.1) is 13.8 Å². The summed E-state index contributed by atoms with van der Waals surface area (Å²) >= 11 is 1.55. The number of rotatable bonds is 2. The highest BCUT2D eigenvalue weighted by atomic mass is 32.1. The Morgan fingerprint density at radius 2 is 2.04 bits per heavy atom. The minimum absolute atomic E-state index is 0.0477. The third-order valence-corrected chi connectivity index (χ3v) is 5.62. The lowest BCUT2D eigenvalue weighted by Gasteiger charge is -2.20. The van der Waals surface area contributed by atoms with Crippen molar-refractivity contribution in [2.75, 3.05) is 31.1 Å². The summed E-state index contributed by atoms with van der Waals surface area (Å²) in [5.74, 6) is 0.690. The number of aromatic amines is 1. The minimum atomic E-state index is -0.0477. The quantitative estimate of drug-likeness (QED) is 0.742. The Hall–Kier alpha value is -2.18. The normalized spacial score (nSPS) is 15.5. The summed E-state index contributed by atoms with van der Waals surface area (Å²) in [4.78, 5) is 23.6. The van der Waals surface area contributed by atoms with Gasteiger partial charge in [-0.15, -0.1) is 11.3 Å². The molecule has 0 aliphatic carbocycles.